The van der Waals surface area contributed by atoms with E-state index in [1.165, 1.54) is 0 Å². The molecule has 1 fully saturated rings. The second-order valence-electron chi connectivity index (χ2n) is 6.58. The van der Waals surface area contributed by atoms with E-state index in [0.717, 1.165) is 38.0 Å². The molecule has 0 amide bonds. The molecule has 0 radical (unpaired) electrons. The minimum absolute atomic E-state index is 0.161. The normalized spacial score (nSPS) is 28.3. The van der Waals surface area contributed by atoms with Crippen molar-refractivity contribution < 1.29 is 14.6 Å². The third kappa shape index (κ3) is 5.35. The van der Waals surface area contributed by atoms with Crippen LogP contribution in [0.5, 0.6) is 0 Å². The summed E-state index contributed by atoms with van der Waals surface area (Å²) in [7, 11) is 1.71. The molecule has 1 rings (SSSR count). The molecule has 0 spiro atoms. The number of methoxy groups -OCH3 is 1. The van der Waals surface area contributed by atoms with E-state index in [1.807, 2.05) is 11.8 Å². The van der Waals surface area contributed by atoms with Gasteiger partial charge < -0.3 is 9.84 Å². The Balaban J connectivity index is 2.55. The maximum Gasteiger partial charge on any atom is 0.307 e. The van der Waals surface area contributed by atoms with Crippen LogP contribution in [-0.4, -0.2) is 35.8 Å². The summed E-state index contributed by atoms with van der Waals surface area (Å²) in [6, 6.07) is 0. The molecule has 1 aliphatic rings. The molecule has 0 heterocycles. The molecule has 1 aliphatic carbocycles. The van der Waals surface area contributed by atoms with E-state index < -0.39 is 5.97 Å². The maximum atomic E-state index is 11.4. The minimum atomic E-state index is -0.614. The Morgan fingerprint density at radius 3 is 2.58 bits per heavy atom. The lowest BCUT2D eigenvalue weighted by Gasteiger charge is -2.40. The van der Waals surface area contributed by atoms with E-state index in [4.69, 9.17) is 4.74 Å². The Bertz CT molecular complexity index is 286. The van der Waals surface area contributed by atoms with Crippen molar-refractivity contribution in [2.24, 2.45) is 17.3 Å². The first-order valence-electron chi connectivity index (χ1n) is 7.19. The van der Waals surface area contributed by atoms with Gasteiger partial charge in [-0.05, 0) is 42.8 Å². The van der Waals surface area contributed by atoms with Crippen LogP contribution in [-0.2, 0) is 9.53 Å². The molecule has 0 aromatic carbocycles. The Kier molecular flexibility index (Phi) is 6.67. The molecule has 3 nitrogen and oxygen atoms in total. The molecule has 0 saturated heterocycles. The van der Waals surface area contributed by atoms with Crippen LogP contribution in [0.25, 0.3) is 0 Å². The molecule has 1 saturated carbocycles. The zero-order valence-electron chi connectivity index (χ0n) is 12.6. The molecule has 0 aromatic heterocycles. The second-order valence-corrected chi connectivity index (χ2v) is 7.92. The lowest BCUT2D eigenvalue weighted by Crippen LogP contribution is -2.37. The summed E-state index contributed by atoms with van der Waals surface area (Å²) in [6.45, 7) is 7.57. The van der Waals surface area contributed by atoms with Crippen molar-refractivity contribution >= 4 is 17.7 Å². The minimum Gasteiger partial charge on any atom is -0.481 e. The third-order valence-corrected chi connectivity index (χ3v) is 5.63. The van der Waals surface area contributed by atoms with E-state index in [2.05, 4.69) is 20.8 Å². The fraction of sp³-hybridized carbons (Fsp3) is 0.933. The number of rotatable bonds is 6. The van der Waals surface area contributed by atoms with Gasteiger partial charge in [-0.1, -0.05) is 20.8 Å². The topological polar surface area (TPSA) is 46.5 Å². The highest BCUT2D eigenvalue weighted by Gasteiger charge is 2.39. The molecule has 3 unspecified atom stereocenters. The number of hydrogen-bond acceptors (Lipinski definition) is 3. The van der Waals surface area contributed by atoms with Gasteiger partial charge in [0.05, 0.1) is 5.92 Å². The van der Waals surface area contributed by atoms with Crippen molar-refractivity contribution in [3.05, 3.63) is 0 Å². The fourth-order valence-corrected chi connectivity index (χ4v) is 4.26. The van der Waals surface area contributed by atoms with Crippen LogP contribution in [0.3, 0.4) is 0 Å². The van der Waals surface area contributed by atoms with Gasteiger partial charge >= 0.3 is 5.97 Å². The number of aliphatic carboxylic acids is 1. The summed E-state index contributed by atoms with van der Waals surface area (Å²) in [5.74, 6) is 0.866. The van der Waals surface area contributed by atoms with E-state index in [9.17, 15) is 9.90 Å². The first kappa shape index (κ1) is 16.8. The van der Waals surface area contributed by atoms with Crippen molar-refractivity contribution in [2.75, 3.05) is 19.5 Å². The summed E-state index contributed by atoms with van der Waals surface area (Å²) in [5.41, 5.74) is 0.287. The van der Waals surface area contributed by atoms with Gasteiger partial charge in [-0.3, -0.25) is 4.79 Å². The number of carbonyl (C=O) groups is 1. The van der Waals surface area contributed by atoms with Gasteiger partial charge in [0.2, 0.25) is 0 Å². The molecule has 0 aromatic rings. The van der Waals surface area contributed by atoms with E-state index in [-0.39, 0.29) is 16.6 Å². The Hall–Kier alpha value is -0.220. The smallest absolute Gasteiger partial charge is 0.307 e. The van der Waals surface area contributed by atoms with Crippen LogP contribution in [0.15, 0.2) is 0 Å². The Morgan fingerprint density at radius 1 is 1.37 bits per heavy atom. The van der Waals surface area contributed by atoms with Crippen molar-refractivity contribution in [3.63, 3.8) is 0 Å². The monoisotopic (exact) mass is 288 g/mol. The summed E-state index contributed by atoms with van der Waals surface area (Å²) in [4.78, 5) is 11.4. The zero-order valence-corrected chi connectivity index (χ0v) is 13.5. The molecule has 4 heteroatoms. The molecule has 0 bridgehead atoms. The molecule has 0 aliphatic heterocycles. The Morgan fingerprint density at radius 2 is 2.05 bits per heavy atom. The van der Waals surface area contributed by atoms with Gasteiger partial charge in [0, 0.05) is 19.0 Å². The summed E-state index contributed by atoms with van der Waals surface area (Å²) < 4.78 is 5.05. The Labute approximate surface area is 121 Å². The average molecular weight is 288 g/mol. The summed E-state index contributed by atoms with van der Waals surface area (Å²) in [5, 5.41) is 9.63. The SMILES string of the molecule is COCCCSC1CC(C(C)(C)C)CCC1C(=O)O. The average Bonchev–Trinajstić information content (AvgIpc) is 2.33. The summed E-state index contributed by atoms with van der Waals surface area (Å²) in [6.07, 6.45) is 3.93. The number of carboxylic acid groups (broad SMARTS) is 1. The van der Waals surface area contributed by atoms with Crippen molar-refractivity contribution in [1.82, 2.24) is 0 Å². The highest BCUT2D eigenvalue weighted by molar-refractivity contribution is 7.99. The molecule has 3 atom stereocenters. The standard InChI is InChI=1S/C15H28O3S/c1-15(2,3)11-6-7-12(14(16)17)13(10-11)19-9-5-8-18-4/h11-13H,5-10H2,1-4H3,(H,16,17). The molecule has 1 N–H and O–H groups in total. The van der Waals surface area contributed by atoms with Crippen LogP contribution in [0, 0.1) is 17.3 Å². The number of hydrogen-bond donors (Lipinski definition) is 1. The van der Waals surface area contributed by atoms with Gasteiger partial charge in [-0.2, -0.15) is 11.8 Å². The van der Waals surface area contributed by atoms with E-state index in [1.54, 1.807) is 7.11 Å². The van der Waals surface area contributed by atoms with Crippen LogP contribution in [0.2, 0.25) is 0 Å². The van der Waals surface area contributed by atoms with Gasteiger partial charge in [-0.25, -0.2) is 0 Å². The number of ether oxygens (including phenoxy) is 1. The van der Waals surface area contributed by atoms with Crippen molar-refractivity contribution in [2.45, 2.75) is 51.7 Å². The van der Waals surface area contributed by atoms with Crippen LogP contribution >= 0.6 is 11.8 Å². The quantitative estimate of drug-likeness (QED) is 0.758. The van der Waals surface area contributed by atoms with E-state index >= 15 is 0 Å². The largest absolute Gasteiger partial charge is 0.481 e. The molecule has 112 valence electrons. The van der Waals surface area contributed by atoms with Crippen LogP contribution < -0.4 is 0 Å². The lowest BCUT2D eigenvalue weighted by molar-refractivity contribution is -0.143. The predicted molar refractivity (Wildman–Crippen MR) is 80.7 cm³/mol. The second kappa shape index (κ2) is 7.53. The van der Waals surface area contributed by atoms with Crippen molar-refractivity contribution in [3.8, 4) is 0 Å². The maximum absolute atomic E-state index is 11.4. The fourth-order valence-electron chi connectivity index (χ4n) is 2.82. The van der Waals surface area contributed by atoms with Gasteiger partial charge in [0.1, 0.15) is 0 Å². The highest BCUT2D eigenvalue weighted by atomic mass is 32.2. The van der Waals surface area contributed by atoms with E-state index in [0.29, 0.717) is 5.92 Å². The lowest BCUT2D eigenvalue weighted by atomic mass is 9.69. The number of carboxylic acids is 1. The summed E-state index contributed by atoms with van der Waals surface area (Å²) >= 11 is 1.83. The zero-order chi connectivity index (χ0) is 14.5. The van der Waals surface area contributed by atoms with Gasteiger partial charge in [0.15, 0.2) is 0 Å². The first-order chi connectivity index (χ1) is 8.86. The molecular weight excluding hydrogens is 260 g/mol. The molecular formula is C15H28O3S. The van der Waals surface area contributed by atoms with Crippen LogP contribution in [0.4, 0.5) is 0 Å². The predicted octanol–water partition coefficient (Wildman–Crippen LogP) is 3.67. The first-order valence-corrected chi connectivity index (χ1v) is 8.24. The number of thioether (sulfide) groups is 1. The third-order valence-electron chi connectivity index (χ3n) is 4.16. The van der Waals surface area contributed by atoms with Gasteiger partial charge in [0.25, 0.3) is 0 Å². The van der Waals surface area contributed by atoms with Crippen LogP contribution in [0.1, 0.15) is 46.5 Å². The van der Waals surface area contributed by atoms with Crippen molar-refractivity contribution in [1.29, 1.82) is 0 Å². The molecule has 19 heavy (non-hydrogen) atoms. The van der Waals surface area contributed by atoms with Gasteiger partial charge in [-0.15, -0.1) is 0 Å². The highest BCUT2D eigenvalue weighted by Crippen LogP contribution is 2.44.